The van der Waals surface area contributed by atoms with Gasteiger partial charge in [-0.25, -0.2) is 13.2 Å². The molecule has 0 amide bonds. The van der Waals surface area contributed by atoms with Crippen LogP contribution in [0.5, 0.6) is 0 Å². The smallest absolute Gasteiger partial charge is 0.342 e. The lowest BCUT2D eigenvalue weighted by Crippen LogP contribution is -2.34. The average Bonchev–Trinajstić information content (AvgIpc) is 2.60. The van der Waals surface area contributed by atoms with E-state index in [2.05, 4.69) is 4.74 Å². The molecule has 20 heavy (non-hydrogen) atoms. The van der Waals surface area contributed by atoms with Crippen LogP contribution in [0.1, 0.15) is 42.6 Å². The summed E-state index contributed by atoms with van der Waals surface area (Å²) in [4.78, 5) is 18.5. The first-order valence-corrected chi connectivity index (χ1v) is 7.36. The van der Waals surface area contributed by atoms with Crippen LogP contribution in [0.2, 0.25) is 0 Å². The van der Waals surface area contributed by atoms with E-state index >= 15 is 0 Å². The fourth-order valence-corrected chi connectivity index (χ4v) is 2.91. The number of hydrogen-bond acceptors (Lipinski definition) is 6. The fourth-order valence-electron chi connectivity index (χ4n) is 1.55. The molecule has 1 rings (SSSR count). The van der Waals surface area contributed by atoms with E-state index in [9.17, 15) is 13.2 Å². The number of aryl methyl sites for hydroxylation is 2. The highest BCUT2D eigenvalue weighted by Gasteiger charge is 2.32. The predicted octanol–water partition coefficient (Wildman–Crippen LogP) is 1.69. The van der Waals surface area contributed by atoms with Gasteiger partial charge in [0.2, 0.25) is 0 Å². The summed E-state index contributed by atoms with van der Waals surface area (Å²) in [5.41, 5.74) is -0.847. The molecule has 0 aliphatic rings. The molecule has 0 fully saturated rings. The molecule has 0 bridgehead atoms. The quantitative estimate of drug-likeness (QED) is 0.672. The molecule has 0 aliphatic heterocycles. The zero-order valence-electron chi connectivity index (χ0n) is 12.4. The minimum absolute atomic E-state index is 0.0907. The van der Waals surface area contributed by atoms with Gasteiger partial charge in [-0.1, -0.05) is 4.89 Å². The van der Waals surface area contributed by atoms with E-state index in [-0.39, 0.29) is 22.0 Å². The van der Waals surface area contributed by atoms with Gasteiger partial charge in [0.25, 0.3) is 10.0 Å². The molecule has 8 heteroatoms. The van der Waals surface area contributed by atoms with Crippen molar-refractivity contribution in [2.75, 3.05) is 7.11 Å². The van der Waals surface area contributed by atoms with Crippen molar-refractivity contribution < 1.29 is 27.2 Å². The lowest BCUT2D eigenvalue weighted by molar-refractivity contribution is -0.0358. The number of rotatable bonds is 4. The maximum atomic E-state index is 12.3. The third-order valence-corrected chi connectivity index (χ3v) is 3.65. The molecule has 0 saturated heterocycles. The molecule has 1 N–H and O–H groups in total. The molecule has 1 heterocycles. The number of carbonyl (C=O) groups is 1. The van der Waals surface area contributed by atoms with Crippen molar-refractivity contribution in [3.63, 3.8) is 0 Å². The molecule has 1 aromatic heterocycles. The minimum atomic E-state index is -4.06. The number of furan rings is 1. The second-order valence-corrected chi connectivity index (χ2v) is 6.79. The molecule has 0 spiro atoms. The Kier molecular flexibility index (Phi) is 4.62. The third kappa shape index (κ3) is 3.59. The predicted molar refractivity (Wildman–Crippen MR) is 70.7 cm³/mol. The van der Waals surface area contributed by atoms with Gasteiger partial charge in [0.05, 0.1) is 12.7 Å². The molecule has 0 aliphatic carbocycles. The lowest BCUT2D eigenvalue weighted by Gasteiger charge is -2.19. The van der Waals surface area contributed by atoms with Crippen molar-refractivity contribution in [1.29, 1.82) is 0 Å². The number of carbonyl (C=O) groups excluding carboxylic acids is 1. The number of ether oxygens (including phenoxy) is 1. The van der Waals surface area contributed by atoms with Crippen LogP contribution in [0, 0.1) is 13.8 Å². The van der Waals surface area contributed by atoms with Gasteiger partial charge >= 0.3 is 5.97 Å². The van der Waals surface area contributed by atoms with Gasteiger partial charge in [0.1, 0.15) is 22.0 Å². The van der Waals surface area contributed by atoms with Gasteiger partial charge in [-0.3, -0.25) is 4.84 Å². The first kappa shape index (κ1) is 16.7. The third-order valence-electron chi connectivity index (χ3n) is 2.32. The van der Waals surface area contributed by atoms with E-state index < -0.39 is 21.6 Å². The van der Waals surface area contributed by atoms with Crippen LogP contribution in [0.3, 0.4) is 0 Å². The van der Waals surface area contributed by atoms with Crippen molar-refractivity contribution in [3.05, 3.63) is 17.1 Å². The van der Waals surface area contributed by atoms with E-state index in [1.54, 1.807) is 20.8 Å². The Morgan fingerprint density at radius 2 is 1.75 bits per heavy atom. The normalized spacial score (nSPS) is 12.5. The summed E-state index contributed by atoms with van der Waals surface area (Å²) < 4.78 is 34.3. The largest absolute Gasteiger partial charge is 0.465 e. The van der Waals surface area contributed by atoms with Crippen molar-refractivity contribution in [1.82, 2.24) is 4.89 Å². The van der Waals surface area contributed by atoms with Crippen molar-refractivity contribution in [3.8, 4) is 0 Å². The van der Waals surface area contributed by atoms with E-state index in [4.69, 9.17) is 9.25 Å². The Hall–Kier alpha value is -1.38. The average molecular weight is 305 g/mol. The van der Waals surface area contributed by atoms with Crippen LogP contribution in [0.4, 0.5) is 0 Å². The first-order valence-electron chi connectivity index (χ1n) is 5.87. The monoisotopic (exact) mass is 305 g/mol. The SMILES string of the molecule is COC(=O)c1c(C)oc(C)c1S(=O)(=O)NOC(C)(C)C. The molecule has 0 saturated carbocycles. The summed E-state index contributed by atoms with van der Waals surface area (Å²) in [5, 5.41) is 0. The Balaban J connectivity index is 3.28. The van der Waals surface area contributed by atoms with Crippen LogP contribution in [-0.2, 0) is 19.6 Å². The van der Waals surface area contributed by atoms with Gasteiger partial charge in [0, 0.05) is 0 Å². The molecule has 0 aromatic carbocycles. The highest BCUT2D eigenvalue weighted by Crippen LogP contribution is 2.27. The number of hydrogen-bond donors (Lipinski definition) is 1. The topological polar surface area (TPSA) is 94.8 Å². The van der Waals surface area contributed by atoms with Gasteiger partial charge in [-0.05, 0) is 34.6 Å². The summed E-state index contributed by atoms with van der Waals surface area (Å²) in [7, 11) is -2.89. The Bertz CT molecular complexity index is 609. The Labute approximate surface area is 118 Å². The van der Waals surface area contributed by atoms with Gasteiger partial charge < -0.3 is 9.15 Å². The fraction of sp³-hybridized carbons (Fsp3) is 0.583. The van der Waals surface area contributed by atoms with E-state index in [0.29, 0.717) is 0 Å². The number of sulfonamides is 1. The zero-order chi connectivity index (χ0) is 15.7. The van der Waals surface area contributed by atoms with Gasteiger partial charge in [-0.2, -0.15) is 0 Å². The van der Waals surface area contributed by atoms with Crippen LogP contribution in [0.25, 0.3) is 0 Å². The summed E-state index contributed by atoms with van der Waals surface area (Å²) >= 11 is 0. The van der Waals surface area contributed by atoms with Gasteiger partial charge in [-0.15, -0.1) is 0 Å². The molecule has 0 radical (unpaired) electrons. The minimum Gasteiger partial charge on any atom is -0.465 e. The van der Waals surface area contributed by atoms with E-state index in [1.807, 2.05) is 4.89 Å². The second-order valence-electron chi connectivity index (χ2n) is 5.21. The molecule has 0 unspecified atom stereocenters. The highest BCUT2D eigenvalue weighted by molar-refractivity contribution is 7.89. The number of esters is 1. The second kappa shape index (κ2) is 5.55. The molecular formula is C12H19NO6S. The van der Waals surface area contributed by atoms with Crippen LogP contribution < -0.4 is 4.89 Å². The number of nitrogens with one attached hydrogen (secondary N) is 1. The summed E-state index contributed by atoms with van der Waals surface area (Å²) in [5.74, 6) is -0.520. The summed E-state index contributed by atoms with van der Waals surface area (Å²) in [6.45, 7) is 7.99. The van der Waals surface area contributed by atoms with Crippen molar-refractivity contribution >= 4 is 16.0 Å². The standard InChI is InChI=1S/C12H19NO6S/c1-7-9(11(14)17-6)10(8(2)18-7)20(15,16)13-19-12(3,4)5/h13H,1-6H3. The molecule has 1 aromatic rings. The van der Waals surface area contributed by atoms with Crippen LogP contribution in [0.15, 0.2) is 9.31 Å². The van der Waals surface area contributed by atoms with Gasteiger partial charge in [0.15, 0.2) is 0 Å². The van der Waals surface area contributed by atoms with E-state index in [1.165, 1.54) is 21.0 Å². The molecule has 114 valence electrons. The van der Waals surface area contributed by atoms with Crippen LogP contribution >= 0.6 is 0 Å². The highest BCUT2D eigenvalue weighted by atomic mass is 32.2. The Morgan fingerprint density at radius 1 is 1.20 bits per heavy atom. The zero-order valence-corrected chi connectivity index (χ0v) is 13.2. The van der Waals surface area contributed by atoms with Crippen molar-refractivity contribution in [2.45, 2.75) is 45.1 Å². The Morgan fingerprint density at radius 3 is 2.20 bits per heavy atom. The first-order chi connectivity index (χ1) is 8.99. The maximum absolute atomic E-state index is 12.3. The molecular weight excluding hydrogens is 286 g/mol. The summed E-state index contributed by atoms with van der Waals surface area (Å²) in [6, 6.07) is 0. The molecule has 7 nitrogen and oxygen atoms in total. The molecule has 0 atom stereocenters. The maximum Gasteiger partial charge on any atom is 0.342 e. The van der Waals surface area contributed by atoms with Crippen molar-refractivity contribution in [2.24, 2.45) is 0 Å². The van der Waals surface area contributed by atoms with E-state index in [0.717, 1.165) is 0 Å². The van der Waals surface area contributed by atoms with Crippen LogP contribution in [-0.4, -0.2) is 27.1 Å². The number of methoxy groups -OCH3 is 1. The lowest BCUT2D eigenvalue weighted by atomic mass is 10.2. The summed E-state index contributed by atoms with van der Waals surface area (Å²) in [6.07, 6.45) is 0.